The normalized spacial score (nSPS) is 12.8. The minimum atomic E-state index is -3.50. The van der Waals surface area contributed by atoms with Gasteiger partial charge in [0, 0.05) is 6.54 Å². The first kappa shape index (κ1) is 20.1. The lowest BCUT2D eigenvalue weighted by Gasteiger charge is -2.21. The van der Waals surface area contributed by atoms with Gasteiger partial charge in [-0.2, -0.15) is 4.31 Å². The van der Waals surface area contributed by atoms with Gasteiger partial charge >= 0.3 is 0 Å². The van der Waals surface area contributed by atoms with E-state index in [-0.39, 0.29) is 25.0 Å². The fourth-order valence-electron chi connectivity index (χ4n) is 2.65. The van der Waals surface area contributed by atoms with Gasteiger partial charge in [-0.1, -0.05) is 61.5 Å². The number of hydrogen-bond donors (Lipinski definition) is 1. The van der Waals surface area contributed by atoms with Crippen molar-refractivity contribution in [3.63, 3.8) is 0 Å². The summed E-state index contributed by atoms with van der Waals surface area (Å²) in [6.45, 7) is 3.95. The van der Waals surface area contributed by atoms with Crippen LogP contribution in [0.1, 0.15) is 36.6 Å². The van der Waals surface area contributed by atoms with E-state index in [9.17, 15) is 13.2 Å². The van der Waals surface area contributed by atoms with Crippen LogP contribution < -0.4 is 5.32 Å². The van der Waals surface area contributed by atoms with Crippen molar-refractivity contribution in [3.8, 4) is 0 Å². The van der Waals surface area contributed by atoms with Crippen molar-refractivity contribution in [3.05, 3.63) is 71.3 Å². The van der Waals surface area contributed by atoms with E-state index in [0.29, 0.717) is 0 Å². The molecule has 0 aliphatic rings. The largest absolute Gasteiger partial charge is 0.348 e. The smallest absolute Gasteiger partial charge is 0.235 e. The van der Waals surface area contributed by atoms with Gasteiger partial charge < -0.3 is 5.32 Å². The zero-order valence-electron chi connectivity index (χ0n) is 15.5. The lowest BCUT2D eigenvalue weighted by molar-refractivity contribution is -0.122. The number of hydrogen-bond acceptors (Lipinski definition) is 3. The van der Waals surface area contributed by atoms with Gasteiger partial charge in [0.15, 0.2) is 0 Å². The molecule has 1 amide bonds. The van der Waals surface area contributed by atoms with E-state index in [0.717, 1.165) is 23.8 Å². The third-order valence-corrected chi connectivity index (χ3v) is 5.45. The minimum absolute atomic E-state index is 0.173. The highest BCUT2D eigenvalue weighted by Crippen LogP contribution is 2.14. The average molecular weight is 375 g/mol. The van der Waals surface area contributed by atoms with Gasteiger partial charge in [0.1, 0.15) is 0 Å². The van der Waals surface area contributed by atoms with Crippen molar-refractivity contribution in [1.82, 2.24) is 9.62 Å². The number of nitrogens with zero attached hydrogens (tertiary/aromatic N) is 1. The highest BCUT2D eigenvalue weighted by Gasteiger charge is 2.21. The summed E-state index contributed by atoms with van der Waals surface area (Å²) in [7, 11) is -3.50. The molecule has 26 heavy (non-hydrogen) atoms. The summed E-state index contributed by atoms with van der Waals surface area (Å²) in [5.41, 5.74) is 3.07. The summed E-state index contributed by atoms with van der Waals surface area (Å²) < 4.78 is 25.3. The molecule has 0 aliphatic heterocycles. The summed E-state index contributed by atoms with van der Waals surface area (Å²) >= 11 is 0. The van der Waals surface area contributed by atoms with Gasteiger partial charge in [-0.05, 0) is 30.0 Å². The summed E-state index contributed by atoms with van der Waals surface area (Å²) in [6.07, 6.45) is 2.08. The van der Waals surface area contributed by atoms with Crippen LogP contribution in [0, 0.1) is 0 Å². The Hall–Kier alpha value is -2.18. The van der Waals surface area contributed by atoms with Crippen molar-refractivity contribution >= 4 is 15.9 Å². The average Bonchev–Trinajstić information content (AvgIpc) is 2.61. The highest BCUT2D eigenvalue weighted by atomic mass is 32.2. The molecule has 0 radical (unpaired) electrons. The molecule has 2 rings (SSSR count). The van der Waals surface area contributed by atoms with Crippen LogP contribution in [0.5, 0.6) is 0 Å². The molecular formula is C20H26N2O3S. The first-order chi connectivity index (χ1) is 12.3. The molecule has 1 unspecified atom stereocenters. The molecule has 2 aromatic carbocycles. The second-order valence-electron chi connectivity index (χ2n) is 6.40. The van der Waals surface area contributed by atoms with Crippen LogP contribution in [-0.4, -0.2) is 31.4 Å². The predicted octanol–water partition coefficient (Wildman–Crippen LogP) is 2.89. The minimum Gasteiger partial charge on any atom is -0.348 e. The van der Waals surface area contributed by atoms with Crippen LogP contribution in [-0.2, 0) is 27.8 Å². The van der Waals surface area contributed by atoms with Gasteiger partial charge in [-0.3, -0.25) is 4.79 Å². The summed E-state index contributed by atoms with van der Waals surface area (Å²) in [5, 5.41) is 2.88. The van der Waals surface area contributed by atoms with Gasteiger partial charge in [0.2, 0.25) is 15.9 Å². The van der Waals surface area contributed by atoms with Crippen LogP contribution in [0.3, 0.4) is 0 Å². The lowest BCUT2D eigenvalue weighted by Crippen LogP contribution is -2.40. The van der Waals surface area contributed by atoms with E-state index >= 15 is 0 Å². The number of sulfonamides is 1. The van der Waals surface area contributed by atoms with Crippen LogP contribution >= 0.6 is 0 Å². The number of nitrogens with one attached hydrogen (secondary N) is 1. The second kappa shape index (κ2) is 8.96. The van der Waals surface area contributed by atoms with Gasteiger partial charge in [-0.15, -0.1) is 0 Å². The van der Waals surface area contributed by atoms with Crippen molar-refractivity contribution in [2.75, 3.05) is 12.8 Å². The number of carbonyl (C=O) groups excluding carboxylic acids is 1. The molecule has 140 valence electrons. The molecular weight excluding hydrogens is 348 g/mol. The third-order valence-electron chi connectivity index (χ3n) is 4.26. The monoisotopic (exact) mass is 374 g/mol. The standard InChI is InChI=1S/C20H26N2O3S/c1-4-17-10-12-19(13-11-17)16(2)21-20(23)15-22(26(3,24)25)14-18-8-6-5-7-9-18/h5-13,16H,4,14-15H2,1-3H3,(H,21,23). The molecule has 0 spiro atoms. The van der Waals surface area contributed by atoms with Crippen molar-refractivity contribution < 1.29 is 13.2 Å². The van der Waals surface area contributed by atoms with Crippen molar-refractivity contribution in [2.24, 2.45) is 0 Å². The van der Waals surface area contributed by atoms with Crippen molar-refractivity contribution in [2.45, 2.75) is 32.9 Å². The molecule has 0 saturated carbocycles. The highest BCUT2D eigenvalue weighted by molar-refractivity contribution is 7.88. The van der Waals surface area contributed by atoms with E-state index in [1.54, 1.807) is 0 Å². The SMILES string of the molecule is CCc1ccc(C(C)NC(=O)CN(Cc2ccccc2)S(C)(=O)=O)cc1. The topological polar surface area (TPSA) is 66.5 Å². The zero-order chi connectivity index (χ0) is 19.2. The number of rotatable bonds is 8. The Bertz CT molecular complexity index is 818. The quantitative estimate of drug-likeness (QED) is 0.773. The maximum Gasteiger partial charge on any atom is 0.235 e. The Kier molecular flexibility index (Phi) is 6.94. The first-order valence-corrected chi connectivity index (χ1v) is 10.5. The summed E-state index contributed by atoms with van der Waals surface area (Å²) in [6, 6.07) is 17.1. The van der Waals surface area contributed by atoms with Crippen LogP contribution in [0.15, 0.2) is 54.6 Å². The lowest BCUT2D eigenvalue weighted by atomic mass is 10.1. The number of aryl methyl sites for hydroxylation is 1. The van der Waals surface area contributed by atoms with E-state index < -0.39 is 10.0 Å². The van der Waals surface area contributed by atoms with Crippen LogP contribution in [0.25, 0.3) is 0 Å². The van der Waals surface area contributed by atoms with Gasteiger partial charge in [0.25, 0.3) is 0 Å². The number of amides is 1. The molecule has 2 aromatic rings. The summed E-state index contributed by atoms with van der Waals surface area (Å²) in [4.78, 5) is 12.4. The Balaban J connectivity index is 2.02. The van der Waals surface area contributed by atoms with E-state index in [4.69, 9.17) is 0 Å². The maximum atomic E-state index is 12.4. The zero-order valence-corrected chi connectivity index (χ0v) is 16.3. The Morgan fingerprint density at radius 2 is 1.65 bits per heavy atom. The van der Waals surface area contributed by atoms with Crippen LogP contribution in [0.4, 0.5) is 0 Å². The maximum absolute atomic E-state index is 12.4. The van der Waals surface area contributed by atoms with E-state index in [1.165, 1.54) is 9.87 Å². The Morgan fingerprint density at radius 1 is 1.04 bits per heavy atom. The predicted molar refractivity (Wildman–Crippen MR) is 104 cm³/mol. The number of benzene rings is 2. The molecule has 0 saturated heterocycles. The third kappa shape index (κ3) is 5.97. The molecule has 1 N–H and O–H groups in total. The van der Waals surface area contributed by atoms with Gasteiger partial charge in [-0.25, -0.2) is 8.42 Å². The molecule has 0 fully saturated rings. The molecule has 6 heteroatoms. The molecule has 0 bridgehead atoms. The van der Waals surface area contributed by atoms with Crippen LogP contribution in [0.2, 0.25) is 0 Å². The molecule has 0 heterocycles. The fraction of sp³-hybridized carbons (Fsp3) is 0.350. The summed E-state index contributed by atoms with van der Waals surface area (Å²) in [5.74, 6) is -0.321. The Morgan fingerprint density at radius 3 is 2.19 bits per heavy atom. The molecule has 5 nitrogen and oxygen atoms in total. The first-order valence-electron chi connectivity index (χ1n) is 8.67. The number of carbonyl (C=O) groups is 1. The van der Waals surface area contributed by atoms with E-state index in [2.05, 4.69) is 12.2 Å². The fourth-order valence-corrected chi connectivity index (χ4v) is 3.39. The second-order valence-corrected chi connectivity index (χ2v) is 8.38. The van der Waals surface area contributed by atoms with Gasteiger partial charge in [0.05, 0.1) is 18.8 Å². The Labute approximate surface area is 156 Å². The molecule has 0 aromatic heterocycles. The molecule has 1 atom stereocenters. The van der Waals surface area contributed by atoms with E-state index in [1.807, 2.05) is 61.5 Å². The van der Waals surface area contributed by atoms with Crippen molar-refractivity contribution in [1.29, 1.82) is 0 Å². The molecule has 0 aliphatic carbocycles.